The SMILES string of the molecule is O=C(NCC(F)(F)F)[C@H]1CCCN1C(=O)NCc1cccc(NC(=O)[C@H]2CCCO2)c1. The zero-order chi connectivity index (χ0) is 22.4. The molecule has 170 valence electrons. The molecule has 0 bridgehead atoms. The largest absolute Gasteiger partial charge is 0.405 e. The number of likely N-dealkylation sites (tertiary alicyclic amines) is 1. The molecule has 0 unspecified atom stereocenters. The van der Waals surface area contributed by atoms with E-state index in [2.05, 4.69) is 10.6 Å². The van der Waals surface area contributed by atoms with E-state index < -0.39 is 36.8 Å². The van der Waals surface area contributed by atoms with E-state index in [0.717, 1.165) is 12.0 Å². The minimum atomic E-state index is -4.51. The summed E-state index contributed by atoms with van der Waals surface area (Å²) in [6.45, 7) is -0.443. The molecule has 3 N–H and O–H groups in total. The van der Waals surface area contributed by atoms with Crippen LogP contribution in [0.25, 0.3) is 0 Å². The fraction of sp³-hybridized carbons (Fsp3) is 0.550. The zero-order valence-electron chi connectivity index (χ0n) is 16.8. The van der Waals surface area contributed by atoms with Gasteiger partial charge >= 0.3 is 12.2 Å². The molecule has 4 amide bonds. The summed E-state index contributed by atoms with van der Waals surface area (Å²) in [7, 11) is 0. The second kappa shape index (κ2) is 9.99. The van der Waals surface area contributed by atoms with Gasteiger partial charge in [0.05, 0.1) is 0 Å². The van der Waals surface area contributed by atoms with E-state index in [9.17, 15) is 27.6 Å². The van der Waals surface area contributed by atoms with Gasteiger partial charge in [0.15, 0.2) is 0 Å². The molecule has 2 heterocycles. The van der Waals surface area contributed by atoms with Crippen molar-refractivity contribution in [1.29, 1.82) is 0 Å². The van der Waals surface area contributed by atoms with Crippen LogP contribution in [-0.4, -0.2) is 60.8 Å². The van der Waals surface area contributed by atoms with Gasteiger partial charge in [-0.2, -0.15) is 13.2 Å². The van der Waals surface area contributed by atoms with Crippen molar-refractivity contribution in [2.75, 3.05) is 25.0 Å². The highest BCUT2D eigenvalue weighted by Gasteiger charge is 2.36. The lowest BCUT2D eigenvalue weighted by Gasteiger charge is -2.24. The van der Waals surface area contributed by atoms with Crippen molar-refractivity contribution in [1.82, 2.24) is 15.5 Å². The molecular weight excluding hydrogens is 417 g/mol. The van der Waals surface area contributed by atoms with Crippen molar-refractivity contribution in [2.45, 2.75) is 50.6 Å². The predicted molar refractivity (Wildman–Crippen MR) is 105 cm³/mol. The molecule has 0 radical (unpaired) electrons. The second-order valence-corrected chi connectivity index (χ2v) is 7.53. The van der Waals surface area contributed by atoms with Crippen LogP contribution in [0.15, 0.2) is 24.3 Å². The number of urea groups is 1. The van der Waals surface area contributed by atoms with Crippen molar-refractivity contribution in [3.05, 3.63) is 29.8 Å². The fourth-order valence-electron chi connectivity index (χ4n) is 3.63. The number of halogens is 3. The summed E-state index contributed by atoms with van der Waals surface area (Å²) >= 11 is 0. The van der Waals surface area contributed by atoms with Crippen LogP contribution in [0, 0.1) is 0 Å². The van der Waals surface area contributed by atoms with Crippen molar-refractivity contribution in [3.8, 4) is 0 Å². The van der Waals surface area contributed by atoms with Gasteiger partial charge in [-0.3, -0.25) is 9.59 Å². The Morgan fingerprint density at radius 3 is 2.61 bits per heavy atom. The van der Waals surface area contributed by atoms with Crippen LogP contribution >= 0.6 is 0 Å². The lowest BCUT2D eigenvalue weighted by Crippen LogP contribution is -2.50. The van der Waals surface area contributed by atoms with Gasteiger partial charge in [-0.25, -0.2) is 4.79 Å². The number of carbonyl (C=O) groups excluding carboxylic acids is 3. The van der Waals surface area contributed by atoms with Gasteiger partial charge in [0, 0.05) is 25.4 Å². The minimum Gasteiger partial charge on any atom is -0.368 e. The van der Waals surface area contributed by atoms with Crippen LogP contribution in [0.5, 0.6) is 0 Å². The molecule has 2 saturated heterocycles. The van der Waals surface area contributed by atoms with Crippen molar-refractivity contribution >= 4 is 23.5 Å². The Bertz CT molecular complexity index is 812. The van der Waals surface area contributed by atoms with Gasteiger partial charge in [-0.15, -0.1) is 0 Å². The Labute approximate surface area is 177 Å². The third-order valence-corrected chi connectivity index (χ3v) is 5.14. The smallest absolute Gasteiger partial charge is 0.368 e. The molecule has 11 heteroatoms. The third-order valence-electron chi connectivity index (χ3n) is 5.14. The molecule has 0 spiro atoms. The lowest BCUT2D eigenvalue weighted by atomic mass is 10.2. The molecule has 2 aliphatic heterocycles. The summed E-state index contributed by atoms with van der Waals surface area (Å²) < 4.78 is 42.3. The van der Waals surface area contributed by atoms with Crippen molar-refractivity contribution in [3.63, 3.8) is 0 Å². The number of rotatable bonds is 6. The molecule has 2 fully saturated rings. The van der Waals surface area contributed by atoms with E-state index in [-0.39, 0.29) is 19.0 Å². The number of hydrogen-bond acceptors (Lipinski definition) is 4. The van der Waals surface area contributed by atoms with E-state index >= 15 is 0 Å². The number of alkyl halides is 3. The average molecular weight is 442 g/mol. The first-order valence-electron chi connectivity index (χ1n) is 10.1. The first-order valence-corrected chi connectivity index (χ1v) is 10.1. The van der Waals surface area contributed by atoms with Gasteiger partial charge in [0.2, 0.25) is 5.91 Å². The van der Waals surface area contributed by atoms with E-state index in [4.69, 9.17) is 4.74 Å². The molecule has 1 aromatic rings. The van der Waals surface area contributed by atoms with Crippen molar-refractivity contribution in [2.24, 2.45) is 0 Å². The number of amides is 4. The maximum atomic E-state index is 12.5. The van der Waals surface area contributed by atoms with Gasteiger partial charge < -0.3 is 25.6 Å². The molecule has 0 aliphatic carbocycles. The minimum absolute atomic E-state index is 0.135. The number of nitrogens with zero attached hydrogens (tertiary/aromatic N) is 1. The topological polar surface area (TPSA) is 99.8 Å². The molecule has 2 aliphatic rings. The predicted octanol–water partition coefficient (Wildman–Crippen LogP) is 2.16. The highest BCUT2D eigenvalue weighted by Crippen LogP contribution is 2.20. The zero-order valence-corrected chi connectivity index (χ0v) is 16.8. The number of carbonyl (C=O) groups is 3. The Kier molecular flexibility index (Phi) is 7.37. The van der Waals surface area contributed by atoms with Crippen LogP contribution < -0.4 is 16.0 Å². The summed E-state index contributed by atoms with van der Waals surface area (Å²) in [6, 6.07) is 5.47. The summed E-state index contributed by atoms with van der Waals surface area (Å²) in [5, 5.41) is 7.30. The van der Waals surface area contributed by atoms with E-state index in [1.807, 2.05) is 5.32 Å². The standard InChI is InChI=1S/C20H25F3N4O4/c21-20(22,23)12-25-17(28)15-6-2-8-27(15)19(30)24-11-13-4-1-5-14(10-13)26-18(29)16-7-3-9-31-16/h1,4-5,10,15-16H,2-3,6-9,11-12H2,(H,24,30)(H,25,28)(H,26,29)/t15-,16-/m1/s1. The average Bonchev–Trinajstić information content (AvgIpc) is 3.42. The molecule has 31 heavy (non-hydrogen) atoms. The van der Waals surface area contributed by atoms with Gasteiger partial charge in [-0.05, 0) is 43.4 Å². The maximum absolute atomic E-state index is 12.5. The second-order valence-electron chi connectivity index (χ2n) is 7.53. The maximum Gasteiger partial charge on any atom is 0.405 e. The Hall–Kier alpha value is -2.82. The van der Waals surface area contributed by atoms with Gasteiger partial charge in [-0.1, -0.05) is 12.1 Å². The third kappa shape index (κ3) is 6.58. The van der Waals surface area contributed by atoms with E-state index in [1.165, 1.54) is 4.90 Å². The number of anilines is 1. The van der Waals surface area contributed by atoms with Crippen molar-refractivity contribution < 1.29 is 32.3 Å². The Balaban J connectivity index is 1.51. The Morgan fingerprint density at radius 1 is 1.10 bits per heavy atom. The molecule has 1 aromatic carbocycles. The molecule has 0 saturated carbocycles. The van der Waals surface area contributed by atoms with Crippen LogP contribution in [0.4, 0.5) is 23.7 Å². The molecular formula is C20H25F3N4O4. The lowest BCUT2D eigenvalue weighted by molar-refractivity contribution is -0.140. The van der Waals surface area contributed by atoms with Crippen LogP contribution in [0.3, 0.4) is 0 Å². The highest BCUT2D eigenvalue weighted by atomic mass is 19.4. The molecule has 3 rings (SSSR count). The number of hydrogen-bond donors (Lipinski definition) is 3. The number of benzene rings is 1. The number of nitrogens with one attached hydrogen (secondary N) is 3. The first kappa shape index (κ1) is 22.9. The normalized spacial score (nSPS) is 21.1. The molecule has 8 nitrogen and oxygen atoms in total. The highest BCUT2D eigenvalue weighted by molar-refractivity contribution is 5.94. The first-order chi connectivity index (χ1) is 14.7. The van der Waals surface area contributed by atoms with Crippen LogP contribution in [0.1, 0.15) is 31.2 Å². The van der Waals surface area contributed by atoms with E-state index in [0.29, 0.717) is 31.6 Å². The quantitative estimate of drug-likeness (QED) is 0.629. The monoisotopic (exact) mass is 442 g/mol. The molecule has 2 atom stereocenters. The summed E-state index contributed by atoms with van der Waals surface area (Å²) in [5.41, 5.74) is 1.29. The van der Waals surface area contributed by atoms with Gasteiger partial charge in [0.25, 0.3) is 5.91 Å². The Morgan fingerprint density at radius 2 is 1.90 bits per heavy atom. The molecule has 0 aromatic heterocycles. The van der Waals surface area contributed by atoms with Gasteiger partial charge in [0.1, 0.15) is 18.7 Å². The van der Waals surface area contributed by atoms with Crippen LogP contribution in [0.2, 0.25) is 0 Å². The summed E-state index contributed by atoms with van der Waals surface area (Å²) in [4.78, 5) is 38.0. The fourth-order valence-corrected chi connectivity index (χ4v) is 3.63. The summed E-state index contributed by atoms with van der Waals surface area (Å²) in [6.07, 6.45) is -2.61. The van der Waals surface area contributed by atoms with E-state index in [1.54, 1.807) is 24.3 Å². The number of ether oxygens (including phenoxy) is 1. The summed E-state index contributed by atoms with van der Waals surface area (Å²) in [5.74, 6) is -1.03. The van der Waals surface area contributed by atoms with Crippen LogP contribution in [-0.2, 0) is 20.9 Å².